The van der Waals surface area contributed by atoms with E-state index in [1.807, 2.05) is 18.5 Å². The van der Waals surface area contributed by atoms with Crippen LogP contribution in [-0.2, 0) is 23.0 Å². The lowest BCUT2D eigenvalue weighted by Gasteiger charge is -2.06. The van der Waals surface area contributed by atoms with Gasteiger partial charge in [-0.3, -0.25) is 4.79 Å². The summed E-state index contributed by atoms with van der Waals surface area (Å²) in [5.74, 6) is 0.781. The van der Waals surface area contributed by atoms with Gasteiger partial charge >= 0.3 is 5.97 Å². The minimum Gasteiger partial charge on any atom is -0.462 e. The van der Waals surface area contributed by atoms with E-state index >= 15 is 0 Å². The molecule has 0 radical (unpaired) electrons. The number of carbonyl (C=O) groups is 2. The average molecular weight is 479 g/mol. The number of thioether (sulfide) groups is 1. The number of aryl methyl sites for hydroxylation is 1. The van der Waals surface area contributed by atoms with Crippen LogP contribution in [0.2, 0.25) is 0 Å². The van der Waals surface area contributed by atoms with Gasteiger partial charge in [0.25, 0.3) is 0 Å². The van der Waals surface area contributed by atoms with Crippen LogP contribution in [0.5, 0.6) is 0 Å². The largest absolute Gasteiger partial charge is 0.462 e. The van der Waals surface area contributed by atoms with Gasteiger partial charge in [-0.05, 0) is 31.4 Å². The van der Waals surface area contributed by atoms with Crippen molar-refractivity contribution in [2.24, 2.45) is 7.05 Å². The average Bonchev–Trinajstić information content (AvgIpc) is 3.45. The van der Waals surface area contributed by atoms with E-state index in [2.05, 4.69) is 40.8 Å². The summed E-state index contributed by atoms with van der Waals surface area (Å²) >= 11 is 4.42. The van der Waals surface area contributed by atoms with Gasteiger partial charge in [-0.15, -0.1) is 32.9 Å². The summed E-state index contributed by atoms with van der Waals surface area (Å²) in [5.41, 5.74) is 1.44. The van der Waals surface area contributed by atoms with E-state index in [-0.39, 0.29) is 18.3 Å². The number of nitrogens with zero attached hydrogens (tertiary/aromatic N) is 3. The third-order valence-corrected chi connectivity index (χ3v) is 7.94. The second-order valence-corrected chi connectivity index (χ2v) is 10.1. The van der Waals surface area contributed by atoms with Crippen molar-refractivity contribution in [2.45, 2.75) is 45.2 Å². The first-order chi connectivity index (χ1) is 14.8. The van der Waals surface area contributed by atoms with Gasteiger partial charge in [0.1, 0.15) is 5.00 Å². The van der Waals surface area contributed by atoms with Crippen LogP contribution >= 0.6 is 34.4 Å². The molecule has 166 valence electrons. The number of rotatable bonds is 9. The zero-order valence-corrected chi connectivity index (χ0v) is 20.7. The number of hydrogen-bond acceptors (Lipinski definition) is 8. The molecular formula is C21H26N4O3S3. The second kappa shape index (κ2) is 10.4. The Morgan fingerprint density at radius 3 is 2.68 bits per heavy atom. The van der Waals surface area contributed by atoms with Crippen molar-refractivity contribution in [2.75, 3.05) is 17.7 Å². The summed E-state index contributed by atoms with van der Waals surface area (Å²) in [5, 5.41) is 14.7. The molecule has 0 unspecified atom stereocenters. The topological polar surface area (TPSA) is 86.1 Å². The molecule has 10 heteroatoms. The Labute approximate surface area is 194 Å². The molecule has 0 fully saturated rings. The minimum atomic E-state index is -0.420. The van der Waals surface area contributed by atoms with Crippen molar-refractivity contribution in [1.82, 2.24) is 14.8 Å². The third kappa shape index (κ3) is 5.55. The van der Waals surface area contributed by atoms with Crippen LogP contribution in [0.15, 0.2) is 22.7 Å². The summed E-state index contributed by atoms with van der Waals surface area (Å²) in [6.45, 7) is 8.38. The van der Waals surface area contributed by atoms with Crippen LogP contribution in [0.3, 0.4) is 0 Å². The molecule has 0 aliphatic heterocycles. The summed E-state index contributed by atoms with van der Waals surface area (Å²) in [7, 11) is 1.90. The second-order valence-electron chi connectivity index (χ2n) is 7.12. The molecule has 7 nitrogen and oxygen atoms in total. The molecule has 1 amide bonds. The first-order valence-corrected chi connectivity index (χ1v) is 12.7. The van der Waals surface area contributed by atoms with Crippen molar-refractivity contribution in [3.63, 3.8) is 0 Å². The highest BCUT2D eigenvalue weighted by atomic mass is 32.2. The number of thiophene rings is 2. The normalized spacial score (nSPS) is 11.2. The van der Waals surface area contributed by atoms with Gasteiger partial charge in [-0.25, -0.2) is 4.79 Å². The molecule has 0 aromatic carbocycles. The van der Waals surface area contributed by atoms with Gasteiger partial charge < -0.3 is 14.6 Å². The molecular weight excluding hydrogens is 452 g/mol. The molecule has 3 aromatic rings. The lowest BCUT2D eigenvalue weighted by atomic mass is 10.1. The van der Waals surface area contributed by atoms with E-state index in [0.717, 1.165) is 22.7 Å². The Kier molecular flexibility index (Phi) is 7.90. The Bertz CT molecular complexity index is 1070. The van der Waals surface area contributed by atoms with E-state index in [1.54, 1.807) is 24.3 Å². The van der Waals surface area contributed by atoms with E-state index in [1.165, 1.54) is 28.0 Å². The van der Waals surface area contributed by atoms with Gasteiger partial charge in [0.05, 0.1) is 17.9 Å². The Morgan fingerprint density at radius 1 is 1.26 bits per heavy atom. The predicted octanol–water partition coefficient (Wildman–Crippen LogP) is 5.20. The Morgan fingerprint density at radius 2 is 2.03 bits per heavy atom. The lowest BCUT2D eigenvalue weighted by Crippen LogP contribution is -2.16. The Hall–Kier alpha value is -2.17. The lowest BCUT2D eigenvalue weighted by molar-refractivity contribution is -0.113. The Balaban J connectivity index is 1.66. The molecule has 3 rings (SSSR count). The molecule has 31 heavy (non-hydrogen) atoms. The van der Waals surface area contributed by atoms with Crippen molar-refractivity contribution in [3.8, 4) is 11.4 Å². The van der Waals surface area contributed by atoms with E-state index in [9.17, 15) is 9.59 Å². The third-order valence-electron chi connectivity index (χ3n) is 4.49. The van der Waals surface area contributed by atoms with Gasteiger partial charge in [-0.2, -0.15) is 0 Å². The fraction of sp³-hybridized carbons (Fsp3) is 0.429. The van der Waals surface area contributed by atoms with Crippen molar-refractivity contribution >= 4 is 51.3 Å². The quantitative estimate of drug-likeness (QED) is 0.336. The van der Waals surface area contributed by atoms with E-state index in [4.69, 9.17) is 4.74 Å². The van der Waals surface area contributed by atoms with Crippen LogP contribution in [-0.4, -0.2) is 39.0 Å². The molecule has 0 aliphatic carbocycles. The number of aromatic nitrogens is 3. The molecule has 0 spiro atoms. The van der Waals surface area contributed by atoms with E-state index < -0.39 is 5.97 Å². The number of carbonyl (C=O) groups excluding carboxylic acids is 2. The molecule has 0 saturated heterocycles. The van der Waals surface area contributed by atoms with Crippen molar-refractivity contribution in [3.05, 3.63) is 32.8 Å². The summed E-state index contributed by atoms with van der Waals surface area (Å²) in [6, 6.07) is 3.92. The maximum Gasteiger partial charge on any atom is 0.341 e. The maximum atomic E-state index is 12.5. The van der Waals surface area contributed by atoms with Gasteiger partial charge in [0.2, 0.25) is 5.91 Å². The van der Waals surface area contributed by atoms with Gasteiger partial charge in [0.15, 0.2) is 11.0 Å². The fourth-order valence-electron chi connectivity index (χ4n) is 2.83. The molecule has 1 N–H and O–H groups in total. The monoisotopic (exact) mass is 478 g/mol. The summed E-state index contributed by atoms with van der Waals surface area (Å²) < 4.78 is 7.00. The van der Waals surface area contributed by atoms with Crippen LogP contribution in [0.1, 0.15) is 53.7 Å². The maximum absolute atomic E-state index is 12.5. The zero-order chi connectivity index (χ0) is 22.5. The smallest absolute Gasteiger partial charge is 0.341 e. The minimum absolute atomic E-state index is 0.161. The van der Waals surface area contributed by atoms with Crippen molar-refractivity contribution in [1.29, 1.82) is 0 Å². The van der Waals surface area contributed by atoms with Crippen LogP contribution < -0.4 is 5.32 Å². The highest BCUT2D eigenvalue weighted by molar-refractivity contribution is 7.99. The predicted molar refractivity (Wildman–Crippen MR) is 127 cm³/mol. The molecule has 0 atom stereocenters. The number of anilines is 1. The van der Waals surface area contributed by atoms with Gasteiger partial charge in [-0.1, -0.05) is 32.5 Å². The SMILES string of the molecule is CCOC(=O)c1cc(CC)sc1NC(=O)CSc1nnc(-c2csc(C(C)C)c2)n1C. The highest BCUT2D eigenvalue weighted by Crippen LogP contribution is 2.31. The molecule has 0 saturated carbocycles. The first kappa shape index (κ1) is 23.5. The van der Waals surface area contributed by atoms with E-state index in [0.29, 0.717) is 21.6 Å². The van der Waals surface area contributed by atoms with Crippen LogP contribution in [0, 0.1) is 0 Å². The van der Waals surface area contributed by atoms with Crippen LogP contribution in [0.4, 0.5) is 5.00 Å². The highest BCUT2D eigenvalue weighted by Gasteiger charge is 2.20. The summed E-state index contributed by atoms with van der Waals surface area (Å²) in [4.78, 5) is 27.0. The van der Waals surface area contributed by atoms with Crippen molar-refractivity contribution < 1.29 is 14.3 Å². The number of nitrogens with one attached hydrogen (secondary N) is 1. The fourth-order valence-corrected chi connectivity index (χ4v) is 5.44. The number of hydrogen-bond donors (Lipinski definition) is 1. The standard InChI is InChI=1S/C21H26N4O3S3/c1-6-14-9-15(20(27)28-7-2)19(31-14)22-17(26)11-30-21-24-23-18(25(21)5)13-8-16(12(3)4)29-10-13/h8-10,12H,6-7,11H2,1-5H3,(H,22,26). The number of esters is 1. The number of amides is 1. The van der Waals surface area contributed by atoms with Gasteiger partial charge in [0, 0.05) is 27.7 Å². The molecule has 3 heterocycles. The first-order valence-electron chi connectivity index (χ1n) is 10.0. The number of ether oxygens (including phenoxy) is 1. The van der Waals surface area contributed by atoms with Crippen LogP contribution in [0.25, 0.3) is 11.4 Å². The molecule has 3 aromatic heterocycles. The molecule has 0 aliphatic rings. The zero-order valence-electron chi connectivity index (χ0n) is 18.2. The summed E-state index contributed by atoms with van der Waals surface area (Å²) in [6.07, 6.45) is 0.782. The molecule has 0 bridgehead atoms.